The molecule has 1 saturated carbocycles. The Morgan fingerprint density at radius 3 is 2.64 bits per heavy atom. The first-order chi connectivity index (χ1) is 10.5. The van der Waals surface area contributed by atoms with Gasteiger partial charge in [-0.25, -0.2) is 9.97 Å². The summed E-state index contributed by atoms with van der Waals surface area (Å²) in [4.78, 5) is 21.2. The zero-order chi connectivity index (χ0) is 15.7. The number of nitrogens with one attached hydrogen (secondary N) is 1. The quantitative estimate of drug-likeness (QED) is 0.886. The number of rotatable bonds is 6. The molecule has 6 heteroatoms. The molecule has 1 N–H and O–H groups in total. The van der Waals surface area contributed by atoms with Crippen molar-refractivity contribution in [1.29, 1.82) is 0 Å². The fourth-order valence-electron chi connectivity index (χ4n) is 2.84. The molecule has 0 aromatic carbocycles. The summed E-state index contributed by atoms with van der Waals surface area (Å²) in [5, 5.41) is 3.22. The van der Waals surface area contributed by atoms with Gasteiger partial charge in [-0.3, -0.25) is 4.79 Å². The molecule has 1 atom stereocenters. The molecule has 0 unspecified atom stereocenters. The molecule has 0 radical (unpaired) electrons. The number of carbonyl (C=O) groups excluding carboxylic acids is 1. The maximum Gasteiger partial charge on any atom is 0.228 e. The third-order valence-corrected chi connectivity index (χ3v) is 4.47. The Morgan fingerprint density at radius 2 is 2.14 bits per heavy atom. The highest BCUT2D eigenvalue weighted by molar-refractivity contribution is 5.85. The Balaban J connectivity index is 1.73. The van der Waals surface area contributed by atoms with Crippen molar-refractivity contribution in [3.63, 3.8) is 0 Å². The molecule has 2 aromatic rings. The number of nitrogens with zero attached hydrogens (tertiary/aromatic N) is 4. The minimum Gasteiger partial charge on any atom is -0.345 e. The minimum atomic E-state index is -0.279. The molecule has 0 spiro atoms. The van der Waals surface area contributed by atoms with Gasteiger partial charge < -0.3 is 14.5 Å². The number of carbonyl (C=O) groups is 1. The summed E-state index contributed by atoms with van der Waals surface area (Å²) in [5.74, 6) is 1.32. The van der Waals surface area contributed by atoms with Crippen LogP contribution in [0.25, 0.3) is 0 Å². The lowest BCUT2D eigenvalue weighted by molar-refractivity contribution is -0.128. The molecule has 1 aliphatic rings. The second-order valence-corrected chi connectivity index (χ2v) is 6.61. The molecular weight excluding hydrogens is 278 g/mol. The third kappa shape index (κ3) is 2.77. The number of imidazole rings is 2. The summed E-state index contributed by atoms with van der Waals surface area (Å²) >= 11 is 0. The summed E-state index contributed by atoms with van der Waals surface area (Å²) in [6.45, 7) is 4.91. The van der Waals surface area contributed by atoms with E-state index in [1.165, 1.54) is 0 Å². The Bertz CT molecular complexity index is 639. The summed E-state index contributed by atoms with van der Waals surface area (Å²) < 4.78 is 3.96. The van der Waals surface area contributed by atoms with Crippen LogP contribution in [-0.2, 0) is 18.4 Å². The lowest BCUT2D eigenvalue weighted by atomic mass is 10.00. The van der Waals surface area contributed by atoms with Crippen LogP contribution < -0.4 is 5.32 Å². The number of aromatic nitrogens is 4. The van der Waals surface area contributed by atoms with E-state index in [1.54, 1.807) is 18.7 Å². The lowest BCUT2D eigenvalue weighted by Gasteiger charge is -2.25. The molecule has 2 aromatic heterocycles. The zero-order valence-corrected chi connectivity index (χ0v) is 13.4. The Kier molecular flexibility index (Phi) is 3.76. The molecular formula is C16H23N5O. The molecule has 3 rings (SSSR count). The van der Waals surface area contributed by atoms with Crippen molar-refractivity contribution in [2.45, 2.75) is 39.3 Å². The molecule has 0 aliphatic heterocycles. The molecule has 1 amide bonds. The highest BCUT2D eigenvalue weighted by Gasteiger charge is 2.50. The van der Waals surface area contributed by atoms with Gasteiger partial charge in [0.15, 0.2) is 0 Å². The minimum absolute atomic E-state index is 0.0623. The van der Waals surface area contributed by atoms with E-state index in [4.69, 9.17) is 0 Å². The predicted molar refractivity (Wildman–Crippen MR) is 82.8 cm³/mol. The van der Waals surface area contributed by atoms with E-state index in [9.17, 15) is 4.79 Å². The van der Waals surface area contributed by atoms with Gasteiger partial charge in [-0.15, -0.1) is 0 Å². The van der Waals surface area contributed by atoms with E-state index < -0.39 is 0 Å². The van der Waals surface area contributed by atoms with Gasteiger partial charge in [-0.2, -0.15) is 0 Å². The summed E-state index contributed by atoms with van der Waals surface area (Å²) in [5.41, 5.74) is -0.279. The number of hydrogen-bond acceptors (Lipinski definition) is 3. The maximum atomic E-state index is 12.8. The van der Waals surface area contributed by atoms with Gasteiger partial charge in [0, 0.05) is 38.4 Å². The highest BCUT2D eigenvalue weighted by Crippen LogP contribution is 2.47. The molecule has 22 heavy (non-hydrogen) atoms. The topological polar surface area (TPSA) is 64.7 Å². The molecule has 118 valence electrons. The van der Waals surface area contributed by atoms with Gasteiger partial charge in [-0.1, -0.05) is 13.8 Å². The SMILES string of the molecule is CC(C)[C@H](NC(=O)C1(Cn2ccnc2)CC1)c1nccn1C. The van der Waals surface area contributed by atoms with Crippen LogP contribution in [0.2, 0.25) is 0 Å². The highest BCUT2D eigenvalue weighted by atomic mass is 16.2. The Morgan fingerprint density at radius 1 is 1.36 bits per heavy atom. The van der Waals surface area contributed by atoms with Crippen LogP contribution in [0.4, 0.5) is 0 Å². The molecule has 2 heterocycles. The van der Waals surface area contributed by atoms with E-state index in [2.05, 4.69) is 29.1 Å². The van der Waals surface area contributed by atoms with Gasteiger partial charge in [0.1, 0.15) is 5.82 Å². The average Bonchev–Trinajstić information content (AvgIpc) is 2.87. The van der Waals surface area contributed by atoms with E-state index in [0.717, 1.165) is 18.7 Å². The van der Waals surface area contributed by atoms with E-state index in [1.807, 2.05) is 28.6 Å². The molecule has 6 nitrogen and oxygen atoms in total. The third-order valence-electron chi connectivity index (χ3n) is 4.47. The van der Waals surface area contributed by atoms with Crippen molar-refractivity contribution in [2.75, 3.05) is 0 Å². The van der Waals surface area contributed by atoms with E-state index >= 15 is 0 Å². The van der Waals surface area contributed by atoms with Gasteiger partial charge in [-0.05, 0) is 18.8 Å². The van der Waals surface area contributed by atoms with Crippen LogP contribution in [0, 0.1) is 11.3 Å². The Labute approximate surface area is 130 Å². The van der Waals surface area contributed by atoms with Crippen LogP contribution in [0.15, 0.2) is 31.1 Å². The molecule has 1 fully saturated rings. The van der Waals surface area contributed by atoms with Crippen LogP contribution in [0.5, 0.6) is 0 Å². The fourth-order valence-corrected chi connectivity index (χ4v) is 2.84. The second kappa shape index (κ2) is 5.59. The fraction of sp³-hybridized carbons (Fsp3) is 0.562. The summed E-state index contributed by atoms with van der Waals surface area (Å²) in [6.07, 6.45) is 11.0. The number of amides is 1. The lowest BCUT2D eigenvalue weighted by Crippen LogP contribution is -2.39. The number of hydrogen-bond donors (Lipinski definition) is 1. The first kappa shape index (κ1) is 14.8. The van der Waals surface area contributed by atoms with Gasteiger partial charge in [0.2, 0.25) is 5.91 Å². The van der Waals surface area contributed by atoms with Crippen LogP contribution in [0.1, 0.15) is 38.6 Å². The average molecular weight is 301 g/mol. The Hall–Kier alpha value is -2.11. The van der Waals surface area contributed by atoms with Crippen molar-refractivity contribution in [2.24, 2.45) is 18.4 Å². The van der Waals surface area contributed by atoms with Crippen molar-refractivity contribution < 1.29 is 4.79 Å². The van der Waals surface area contributed by atoms with Crippen molar-refractivity contribution in [3.05, 3.63) is 36.9 Å². The van der Waals surface area contributed by atoms with Gasteiger partial charge >= 0.3 is 0 Å². The smallest absolute Gasteiger partial charge is 0.228 e. The standard InChI is InChI=1S/C16H23N5O/c1-12(2)13(14-18-7-8-20(14)3)19-15(22)16(4-5-16)10-21-9-6-17-11-21/h6-9,11-13H,4-5,10H2,1-3H3,(H,19,22)/t13-/m0/s1. The largest absolute Gasteiger partial charge is 0.345 e. The van der Waals surface area contributed by atoms with Crippen LogP contribution >= 0.6 is 0 Å². The summed E-state index contributed by atoms with van der Waals surface area (Å²) in [7, 11) is 1.96. The molecule has 1 aliphatic carbocycles. The first-order valence-electron chi connectivity index (χ1n) is 7.76. The molecule has 0 bridgehead atoms. The summed E-state index contributed by atoms with van der Waals surface area (Å²) in [6, 6.07) is -0.0623. The van der Waals surface area contributed by atoms with Crippen molar-refractivity contribution >= 4 is 5.91 Å². The van der Waals surface area contributed by atoms with Crippen LogP contribution in [0.3, 0.4) is 0 Å². The van der Waals surface area contributed by atoms with Crippen molar-refractivity contribution in [1.82, 2.24) is 24.4 Å². The first-order valence-corrected chi connectivity index (χ1v) is 7.76. The van der Waals surface area contributed by atoms with Gasteiger partial charge in [0.25, 0.3) is 0 Å². The second-order valence-electron chi connectivity index (χ2n) is 6.61. The van der Waals surface area contributed by atoms with E-state index in [0.29, 0.717) is 6.54 Å². The normalized spacial score (nSPS) is 17.5. The van der Waals surface area contributed by atoms with Gasteiger partial charge in [0.05, 0.1) is 17.8 Å². The predicted octanol–water partition coefficient (Wildman–Crippen LogP) is 1.91. The number of aryl methyl sites for hydroxylation is 1. The zero-order valence-electron chi connectivity index (χ0n) is 13.4. The maximum absolute atomic E-state index is 12.8. The monoisotopic (exact) mass is 301 g/mol. The van der Waals surface area contributed by atoms with E-state index in [-0.39, 0.29) is 23.3 Å². The van der Waals surface area contributed by atoms with Crippen LogP contribution in [-0.4, -0.2) is 25.0 Å². The van der Waals surface area contributed by atoms with Crippen molar-refractivity contribution in [3.8, 4) is 0 Å². The molecule has 0 saturated heterocycles.